The Balaban J connectivity index is 1.93. The van der Waals surface area contributed by atoms with E-state index in [1.807, 2.05) is 19.0 Å². The molecule has 3 rings (SSSR count). The van der Waals surface area contributed by atoms with Crippen molar-refractivity contribution in [3.8, 4) is 0 Å². The highest BCUT2D eigenvalue weighted by Gasteiger charge is 2.32. The molecule has 0 saturated heterocycles. The first kappa shape index (κ1) is 22.2. The van der Waals surface area contributed by atoms with Crippen molar-refractivity contribution in [3.05, 3.63) is 59.0 Å². The summed E-state index contributed by atoms with van der Waals surface area (Å²) >= 11 is 0. The van der Waals surface area contributed by atoms with Crippen LogP contribution in [0.2, 0.25) is 0 Å². The van der Waals surface area contributed by atoms with Crippen LogP contribution in [0.5, 0.6) is 0 Å². The van der Waals surface area contributed by atoms with Crippen molar-refractivity contribution in [1.82, 2.24) is 14.7 Å². The first-order valence-electron chi connectivity index (χ1n) is 9.03. The number of fused-ring (bicyclic) bond motifs is 1. The van der Waals surface area contributed by atoms with Crippen molar-refractivity contribution in [3.63, 3.8) is 0 Å². The molecule has 1 amide bonds. The number of anilines is 1. The van der Waals surface area contributed by atoms with E-state index in [2.05, 4.69) is 10.4 Å². The number of alkyl halides is 3. The van der Waals surface area contributed by atoms with Crippen LogP contribution in [0, 0.1) is 5.82 Å². The molecule has 1 aromatic heterocycles. The number of rotatable bonds is 6. The van der Waals surface area contributed by atoms with Crippen LogP contribution < -0.4 is 5.32 Å². The third-order valence-electron chi connectivity index (χ3n) is 4.44. The number of nitrogens with zero attached hydrogens (tertiary/aromatic N) is 3. The first-order chi connectivity index (χ1) is 14.5. The predicted molar refractivity (Wildman–Crippen MR) is 105 cm³/mol. The van der Waals surface area contributed by atoms with Crippen LogP contribution in [0.3, 0.4) is 0 Å². The first-order valence-corrected chi connectivity index (χ1v) is 9.03. The van der Waals surface area contributed by atoms with Crippen LogP contribution in [-0.2, 0) is 12.7 Å². The van der Waals surface area contributed by atoms with E-state index in [1.54, 1.807) is 0 Å². The molecule has 31 heavy (non-hydrogen) atoms. The fourth-order valence-corrected chi connectivity index (χ4v) is 2.98. The molecule has 0 radical (unpaired) electrons. The zero-order valence-corrected chi connectivity index (χ0v) is 16.5. The summed E-state index contributed by atoms with van der Waals surface area (Å²) < 4.78 is 53.6. The van der Waals surface area contributed by atoms with Gasteiger partial charge in [-0.25, -0.2) is 9.18 Å². The quantitative estimate of drug-likeness (QED) is 0.573. The van der Waals surface area contributed by atoms with E-state index in [4.69, 9.17) is 0 Å². The van der Waals surface area contributed by atoms with Gasteiger partial charge in [0.25, 0.3) is 5.91 Å². The van der Waals surface area contributed by atoms with E-state index < -0.39 is 35.0 Å². The van der Waals surface area contributed by atoms with Crippen molar-refractivity contribution in [2.24, 2.45) is 0 Å². The van der Waals surface area contributed by atoms with Crippen molar-refractivity contribution >= 4 is 28.5 Å². The molecule has 0 unspecified atom stereocenters. The van der Waals surface area contributed by atoms with Gasteiger partial charge in [0.05, 0.1) is 17.6 Å². The number of nitrogens with one attached hydrogen (secondary N) is 1. The Kier molecular flexibility index (Phi) is 5.98. The predicted octanol–water partition coefficient (Wildman–Crippen LogP) is 3.71. The molecule has 0 atom stereocenters. The number of carboxylic acids is 1. The molecule has 0 spiro atoms. The second kappa shape index (κ2) is 8.34. The Morgan fingerprint density at radius 3 is 2.48 bits per heavy atom. The number of aromatic nitrogens is 2. The minimum absolute atomic E-state index is 0.0851. The van der Waals surface area contributed by atoms with Gasteiger partial charge in [-0.2, -0.15) is 18.3 Å². The van der Waals surface area contributed by atoms with Gasteiger partial charge in [-0.1, -0.05) is 0 Å². The maximum atomic E-state index is 13.6. The maximum absolute atomic E-state index is 13.6. The highest BCUT2D eigenvalue weighted by Crippen LogP contribution is 2.31. The Morgan fingerprint density at radius 2 is 1.87 bits per heavy atom. The Hall–Kier alpha value is -3.47. The van der Waals surface area contributed by atoms with Gasteiger partial charge in [-0.15, -0.1) is 0 Å². The van der Waals surface area contributed by atoms with Gasteiger partial charge in [-0.3, -0.25) is 9.48 Å². The summed E-state index contributed by atoms with van der Waals surface area (Å²) in [5.41, 5.74) is -1.39. The largest absolute Gasteiger partial charge is 0.477 e. The molecule has 0 saturated carbocycles. The Morgan fingerprint density at radius 1 is 1.16 bits per heavy atom. The lowest BCUT2D eigenvalue weighted by Crippen LogP contribution is -2.21. The highest BCUT2D eigenvalue weighted by atomic mass is 19.4. The third-order valence-corrected chi connectivity index (χ3v) is 4.44. The van der Waals surface area contributed by atoms with Crippen LogP contribution in [-0.4, -0.2) is 52.3 Å². The molecule has 0 bridgehead atoms. The average Bonchev–Trinajstić information content (AvgIpc) is 3.03. The monoisotopic (exact) mass is 438 g/mol. The van der Waals surface area contributed by atoms with Gasteiger partial charge in [0.15, 0.2) is 5.69 Å². The fourth-order valence-electron chi connectivity index (χ4n) is 2.98. The van der Waals surface area contributed by atoms with Crippen molar-refractivity contribution in [2.75, 3.05) is 26.0 Å². The van der Waals surface area contributed by atoms with Gasteiger partial charge >= 0.3 is 12.1 Å². The maximum Gasteiger partial charge on any atom is 0.416 e. The van der Waals surface area contributed by atoms with Gasteiger partial charge in [0, 0.05) is 23.2 Å². The number of carbonyl (C=O) groups is 2. The molecule has 164 valence electrons. The normalized spacial score (nSPS) is 11.8. The highest BCUT2D eigenvalue weighted by molar-refractivity contribution is 6.07. The summed E-state index contributed by atoms with van der Waals surface area (Å²) in [4.78, 5) is 26.0. The van der Waals surface area contributed by atoms with E-state index >= 15 is 0 Å². The number of halogens is 4. The molecular weight excluding hydrogens is 420 g/mol. The van der Waals surface area contributed by atoms with Crippen LogP contribution in [0.15, 0.2) is 36.4 Å². The SMILES string of the molecule is CN(C)CCn1nc2ccc(NC(=O)c3cc(F)cc(C(F)(F)F)c3)cc2c1C(=O)O. The lowest BCUT2D eigenvalue weighted by molar-refractivity contribution is -0.137. The fraction of sp³-hybridized carbons (Fsp3) is 0.250. The zero-order valence-electron chi connectivity index (χ0n) is 16.5. The van der Waals surface area contributed by atoms with E-state index in [9.17, 15) is 32.3 Å². The molecule has 3 aromatic rings. The summed E-state index contributed by atoms with van der Waals surface area (Å²) in [6.07, 6.45) is -4.81. The summed E-state index contributed by atoms with van der Waals surface area (Å²) in [6, 6.07) is 5.79. The van der Waals surface area contributed by atoms with Crippen molar-refractivity contribution < 1.29 is 32.3 Å². The smallest absolute Gasteiger partial charge is 0.416 e. The molecule has 0 aliphatic heterocycles. The number of carboxylic acid groups (broad SMARTS) is 1. The minimum atomic E-state index is -4.81. The lowest BCUT2D eigenvalue weighted by atomic mass is 10.1. The summed E-state index contributed by atoms with van der Waals surface area (Å²) in [5.74, 6) is -3.39. The molecule has 0 aliphatic carbocycles. The van der Waals surface area contributed by atoms with E-state index in [-0.39, 0.29) is 16.8 Å². The molecule has 7 nitrogen and oxygen atoms in total. The Labute approximate surface area is 173 Å². The molecule has 2 N–H and O–H groups in total. The number of aromatic carboxylic acids is 1. The number of hydrogen-bond donors (Lipinski definition) is 2. The van der Waals surface area contributed by atoms with Gasteiger partial charge in [0.2, 0.25) is 0 Å². The number of amides is 1. The van der Waals surface area contributed by atoms with E-state index in [0.717, 1.165) is 0 Å². The summed E-state index contributed by atoms with van der Waals surface area (Å²) in [7, 11) is 3.65. The van der Waals surface area contributed by atoms with E-state index in [1.165, 1.54) is 22.9 Å². The van der Waals surface area contributed by atoms with Crippen molar-refractivity contribution in [1.29, 1.82) is 0 Å². The van der Waals surface area contributed by atoms with Crippen molar-refractivity contribution in [2.45, 2.75) is 12.7 Å². The van der Waals surface area contributed by atoms with Crippen LogP contribution in [0.4, 0.5) is 23.2 Å². The van der Waals surface area contributed by atoms with Crippen LogP contribution >= 0.6 is 0 Å². The third kappa shape index (κ3) is 5.00. The van der Waals surface area contributed by atoms with Gasteiger partial charge in [0.1, 0.15) is 5.82 Å². The number of likely N-dealkylation sites (N-methyl/N-ethyl adjacent to an activating group) is 1. The minimum Gasteiger partial charge on any atom is -0.477 e. The number of benzene rings is 2. The second-order valence-corrected chi connectivity index (χ2v) is 7.09. The lowest BCUT2D eigenvalue weighted by Gasteiger charge is -2.10. The molecule has 0 aliphatic rings. The molecule has 2 aromatic carbocycles. The number of carbonyl (C=O) groups excluding carboxylic acids is 1. The molecule has 0 fully saturated rings. The molecule has 11 heteroatoms. The zero-order chi connectivity index (χ0) is 22.9. The van der Waals surface area contributed by atoms with Crippen LogP contribution in [0.1, 0.15) is 26.4 Å². The molecular formula is C20H18F4N4O3. The standard InChI is InChI=1S/C20H18F4N4O3/c1-27(2)5-6-28-17(19(30)31)15-10-14(3-4-16(15)26-28)25-18(29)11-7-12(20(22,23)24)9-13(21)8-11/h3-4,7-10H,5-6H2,1-2H3,(H,25,29)(H,30,31). The number of hydrogen-bond acceptors (Lipinski definition) is 4. The second-order valence-electron chi connectivity index (χ2n) is 7.09. The molecule has 1 heterocycles. The summed E-state index contributed by atoms with van der Waals surface area (Å²) in [5, 5.41) is 16.5. The average molecular weight is 438 g/mol. The topological polar surface area (TPSA) is 87.5 Å². The van der Waals surface area contributed by atoms with Gasteiger partial charge < -0.3 is 15.3 Å². The Bertz CT molecular complexity index is 1160. The van der Waals surface area contributed by atoms with Gasteiger partial charge in [-0.05, 0) is 50.5 Å². The summed E-state index contributed by atoms with van der Waals surface area (Å²) in [6.45, 7) is 0.855. The van der Waals surface area contributed by atoms with Crippen LogP contribution in [0.25, 0.3) is 10.9 Å². The van der Waals surface area contributed by atoms with E-state index in [0.29, 0.717) is 36.8 Å².